The van der Waals surface area contributed by atoms with E-state index < -0.39 is 0 Å². The number of benzene rings is 2. The van der Waals surface area contributed by atoms with E-state index in [0.717, 1.165) is 55.8 Å². The number of aromatic nitrogens is 1. The second-order valence-corrected chi connectivity index (χ2v) is 8.06. The first-order chi connectivity index (χ1) is 13.7. The number of hydrogen-bond acceptors (Lipinski definition) is 6. The molecule has 0 atom stereocenters. The first-order valence-electron chi connectivity index (χ1n) is 9.78. The molecule has 1 aliphatic heterocycles. The highest BCUT2D eigenvalue weighted by Crippen LogP contribution is 2.32. The third-order valence-corrected chi connectivity index (χ3v) is 6.48. The van der Waals surface area contributed by atoms with Gasteiger partial charge < -0.3 is 14.4 Å². The topological polar surface area (TPSA) is 37.8 Å². The molecule has 5 nitrogen and oxygen atoms in total. The standard InChI is InChI=1S/C22H27N3O2S/c1-4-16-6-5-7-20-21(16)23-22(28-20)25-12-10-24(11-13-25)15-17-14-18(26-2)8-9-19(17)27-3/h5-9,14H,4,10-13,15H2,1-3H3. The van der Waals surface area contributed by atoms with Crippen molar-refractivity contribution in [2.75, 3.05) is 45.3 Å². The Bertz CT molecular complexity index is 948. The molecule has 148 valence electrons. The van der Waals surface area contributed by atoms with Crippen molar-refractivity contribution in [2.45, 2.75) is 19.9 Å². The molecule has 0 amide bonds. The summed E-state index contributed by atoms with van der Waals surface area (Å²) in [6, 6.07) is 12.5. The number of hydrogen-bond donors (Lipinski definition) is 0. The Morgan fingerprint density at radius 1 is 1.00 bits per heavy atom. The zero-order valence-electron chi connectivity index (χ0n) is 16.8. The molecule has 0 aliphatic carbocycles. The number of piperazine rings is 1. The van der Waals surface area contributed by atoms with Crippen molar-refractivity contribution in [3.63, 3.8) is 0 Å². The van der Waals surface area contributed by atoms with E-state index in [2.05, 4.69) is 41.0 Å². The summed E-state index contributed by atoms with van der Waals surface area (Å²) in [7, 11) is 3.42. The van der Waals surface area contributed by atoms with Crippen LogP contribution in [0.3, 0.4) is 0 Å². The molecule has 0 unspecified atom stereocenters. The van der Waals surface area contributed by atoms with Crippen LogP contribution in [0.2, 0.25) is 0 Å². The Morgan fingerprint density at radius 3 is 2.54 bits per heavy atom. The van der Waals surface area contributed by atoms with E-state index in [-0.39, 0.29) is 0 Å². The Kier molecular flexibility index (Phi) is 5.69. The van der Waals surface area contributed by atoms with Crippen LogP contribution in [-0.4, -0.2) is 50.3 Å². The number of aryl methyl sites for hydroxylation is 1. The number of fused-ring (bicyclic) bond motifs is 1. The van der Waals surface area contributed by atoms with Crippen LogP contribution >= 0.6 is 11.3 Å². The van der Waals surface area contributed by atoms with Gasteiger partial charge in [-0.3, -0.25) is 4.90 Å². The lowest BCUT2D eigenvalue weighted by Crippen LogP contribution is -2.46. The number of thiazole rings is 1. The SMILES string of the molecule is CCc1cccc2sc(N3CCN(Cc4cc(OC)ccc4OC)CC3)nc12. The second-order valence-electron chi connectivity index (χ2n) is 7.05. The van der Waals surface area contributed by atoms with Crippen molar-refractivity contribution in [3.8, 4) is 11.5 Å². The van der Waals surface area contributed by atoms with Crippen molar-refractivity contribution in [1.29, 1.82) is 0 Å². The smallest absolute Gasteiger partial charge is 0.186 e. The summed E-state index contributed by atoms with van der Waals surface area (Å²) in [5.41, 5.74) is 3.68. The van der Waals surface area contributed by atoms with Gasteiger partial charge in [0.15, 0.2) is 5.13 Å². The van der Waals surface area contributed by atoms with Gasteiger partial charge >= 0.3 is 0 Å². The lowest BCUT2D eigenvalue weighted by molar-refractivity contribution is 0.245. The predicted octanol–water partition coefficient (Wildman–Crippen LogP) is 4.20. The minimum Gasteiger partial charge on any atom is -0.497 e. The normalized spacial score (nSPS) is 15.2. The number of nitrogens with zero attached hydrogens (tertiary/aromatic N) is 3. The number of rotatable bonds is 6. The molecule has 0 bridgehead atoms. The maximum atomic E-state index is 5.53. The molecule has 1 aliphatic rings. The van der Waals surface area contributed by atoms with Gasteiger partial charge in [-0.1, -0.05) is 30.4 Å². The first-order valence-corrected chi connectivity index (χ1v) is 10.6. The second kappa shape index (κ2) is 8.37. The van der Waals surface area contributed by atoms with Gasteiger partial charge in [0.25, 0.3) is 0 Å². The predicted molar refractivity (Wildman–Crippen MR) is 116 cm³/mol. The zero-order valence-corrected chi connectivity index (χ0v) is 17.6. The van der Waals surface area contributed by atoms with E-state index in [4.69, 9.17) is 14.5 Å². The summed E-state index contributed by atoms with van der Waals surface area (Å²) in [6.07, 6.45) is 1.02. The van der Waals surface area contributed by atoms with Gasteiger partial charge in [-0.25, -0.2) is 4.98 Å². The van der Waals surface area contributed by atoms with Gasteiger partial charge in [0.1, 0.15) is 11.5 Å². The molecule has 4 rings (SSSR count). The molecule has 1 aromatic heterocycles. The highest BCUT2D eigenvalue weighted by Gasteiger charge is 2.21. The molecule has 0 N–H and O–H groups in total. The van der Waals surface area contributed by atoms with E-state index >= 15 is 0 Å². The summed E-state index contributed by atoms with van der Waals surface area (Å²) < 4.78 is 12.2. The Morgan fingerprint density at radius 2 is 1.82 bits per heavy atom. The Labute approximate surface area is 170 Å². The van der Waals surface area contributed by atoms with Gasteiger partial charge in [-0.15, -0.1) is 0 Å². The molecule has 2 heterocycles. The van der Waals surface area contributed by atoms with Crippen molar-refractivity contribution < 1.29 is 9.47 Å². The van der Waals surface area contributed by atoms with E-state index in [0.29, 0.717) is 0 Å². The fraction of sp³-hybridized carbons (Fsp3) is 0.409. The molecule has 1 saturated heterocycles. The Balaban J connectivity index is 1.44. The highest BCUT2D eigenvalue weighted by atomic mass is 32.1. The lowest BCUT2D eigenvalue weighted by Gasteiger charge is -2.34. The van der Waals surface area contributed by atoms with Crippen molar-refractivity contribution in [3.05, 3.63) is 47.5 Å². The van der Waals surface area contributed by atoms with Crippen LogP contribution in [0.1, 0.15) is 18.1 Å². The maximum absolute atomic E-state index is 5.53. The average molecular weight is 398 g/mol. The molecule has 1 fully saturated rings. The van der Waals surface area contributed by atoms with E-state index in [1.807, 2.05) is 23.5 Å². The summed E-state index contributed by atoms with van der Waals surface area (Å²) in [5, 5.41) is 1.15. The van der Waals surface area contributed by atoms with Gasteiger partial charge in [0.05, 0.1) is 24.4 Å². The number of anilines is 1. The summed E-state index contributed by atoms with van der Waals surface area (Å²) in [4.78, 5) is 9.85. The molecule has 2 aromatic carbocycles. The lowest BCUT2D eigenvalue weighted by atomic mass is 10.1. The Hall–Kier alpha value is -2.31. The fourth-order valence-corrected chi connectivity index (χ4v) is 4.82. The van der Waals surface area contributed by atoms with Crippen LogP contribution in [0, 0.1) is 0 Å². The minimum absolute atomic E-state index is 0.869. The van der Waals surface area contributed by atoms with Crippen molar-refractivity contribution in [2.24, 2.45) is 0 Å². The van der Waals surface area contributed by atoms with Crippen LogP contribution in [-0.2, 0) is 13.0 Å². The monoisotopic (exact) mass is 397 g/mol. The summed E-state index contributed by atoms with van der Waals surface area (Å²) in [6.45, 7) is 7.07. The zero-order chi connectivity index (χ0) is 19.5. The third-order valence-electron chi connectivity index (χ3n) is 5.40. The molecule has 0 spiro atoms. The van der Waals surface area contributed by atoms with Gasteiger partial charge in [0, 0.05) is 38.3 Å². The fourth-order valence-electron chi connectivity index (χ4n) is 3.76. The number of methoxy groups -OCH3 is 2. The highest BCUT2D eigenvalue weighted by molar-refractivity contribution is 7.22. The van der Waals surface area contributed by atoms with E-state index in [1.165, 1.54) is 21.3 Å². The van der Waals surface area contributed by atoms with Gasteiger partial charge in [0.2, 0.25) is 0 Å². The molecule has 0 saturated carbocycles. The average Bonchev–Trinajstić information content (AvgIpc) is 3.18. The molecule has 6 heteroatoms. The number of para-hydroxylation sites is 1. The summed E-state index contributed by atoms with van der Waals surface area (Å²) >= 11 is 1.81. The van der Waals surface area contributed by atoms with Gasteiger partial charge in [-0.05, 0) is 36.2 Å². The minimum atomic E-state index is 0.869. The largest absolute Gasteiger partial charge is 0.497 e. The van der Waals surface area contributed by atoms with Crippen molar-refractivity contribution in [1.82, 2.24) is 9.88 Å². The quantitative estimate of drug-likeness (QED) is 0.623. The molecular weight excluding hydrogens is 370 g/mol. The first kappa shape index (κ1) is 19.0. The van der Waals surface area contributed by atoms with Crippen molar-refractivity contribution >= 4 is 26.7 Å². The van der Waals surface area contributed by atoms with Crippen LogP contribution in [0.15, 0.2) is 36.4 Å². The maximum Gasteiger partial charge on any atom is 0.186 e. The van der Waals surface area contributed by atoms with Crippen LogP contribution in [0.5, 0.6) is 11.5 Å². The van der Waals surface area contributed by atoms with Crippen LogP contribution in [0.25, 0.3) is 10.2 Å². The summed E-state index contributed by atoms with van der Waals surface area (Å²) in [5.74, 6) is 1.79. The van der Waals surface area contributed by atoms with Crippen LogP contribution in [0.4, 0.5) is 5.13 Å². The molecule has 0 radical (unpaired) electrons. The van der Waals surface area contributed by atoms with E-state index in [9.17, 15) is 0 Å². The van der Waals surface area contributed by atoms with Crippen LogP contribution < -0.4 is 14.4 Å². The number of ether oxygens (including phenoxy) is 2. The molecule has 28 heavy (non-hydrogen) atoms. The molecular formula is C22H27N3O2S. The molecule has 3 aromatic rings. The van der Waals surface area contributed by atoms with Gasteiger partial charge in [-0.2, -0.15) is 0 Å². The third kappa shape index (κ3) is 3.80. The van der Waals surface area contributed by atoms with E-state index in [1.54, 1.807) is 14.2 Å².